The molecular formula is C13H16N2O5. The fourth-order valence-electron chi connectivity index (χ4n) is 1.64. The van der Waals surface area contributed by atoms with E-state index in [0.29, 0.717) is 0 Å². The summed E-state index contributed by atoms with van der Waals surface area (Å²) in [6.45, 7) is 0.897. The molecule has 1 amide bonds. The van der Waals surface area contributed by atoms with Crippen LogP contribution in [0.15, 0.2) is 24.3 Å². The van der Waals surface area contributed by atoms with Crippen LogP contribution in [0, 0.1) is 0 Å². The van der Waals surface area contributed by atoms with Gasteiger partial charge in [0, 0.05) is 0 Å². The topological polar surface area (TPSA) is 110 Å². The Morgan fingerprint density at radius 1 is 1.30 bits per heavy atom. The number of aliphatic carboxylic acids is 1. The zero-order valence-corrected chi connectivity index (χ0v) is 11.0. The second kappa shape index (κ2) is 7.25. The maximum absolute atomic E-state index is 11.8. The van der Waals surface area contributed by atoms with Crippen LogP contribution in [0.3, 0.4) is 0 Å². The van der Waals surface area contributed by atoms with Gasteiger partial charge in [-0.2, -0.15) is 0 Å². The Balaban J connectivity index is 3.22. The number of para-hydroxylation sites is 1. The lowest BCUT2D eigenvalue weighted by molar-refractivity contribution is -0.136. The number of carbonyl (C=O) groups excluding carboxylic acids is 2. The molecule has 0 bridgehead atoms. The summed E-state index contributed by atoms with van der Waals surface area (Å²) in [6.07, 6.45) is 0. The summed E-state index contributed by atoms with van der Waals surface area (Å²) in [7, 11) is 0. The molecule has 0 aliphatic heterocycles. The number of amides is 1. The number of benzene rings is 1. The van der Waals surface area contributed by atoms with Crippen molar-refractivity contribution in [3.05, 3.63) is 29.8 Å². The fraction of sp³-hybridized carbons (Fsp3) is 0.308. The van der Waals surface area contributed by atoms with Crippen molar-refractivity contribution in [2.45, 2.75) is 6.92 Å². The average Bonchev–Trinajstić information content (AvgIpc) is 2.44. The quantitative estimate of drug-likeness (QED) is 0.722. The second-order valence-corrected chi connectivity index (χ2v) is 3.82. The first-order chi connectivity index (χ1) is 9.51. The minimum atomic E-state index is -1.20. The molecule has 7 nitrogen and oxygen atoms in total. The molecule has 0 aromatic heterocycles. The van der Waals surface area contributed by atoms with E-state index in [1.807, 2.05) is 0 Å². The number of nitrogens with two attached hydrogens (primary N) is 1. The zero-order valence-electron chi connectivity index (χ0n) is 11.0. The number of carboxylic acids is 1. The van der Waals surface area contributed by atoms with Gasteiger partial charge in [-0.05, 0) is 19.1 Å². The third kappa shape index (κ3) is 3.79. The van der Waals surface area contributed by atoms with Gasteiger partial charge in [-0.3, -0.25) is 14.5 Å². The predicted molar refractivity (Wildman–Crippen MR) is 71.4 cm³/mol. The number of rotatable bonds is 6. The summed E-state index contributed by atoms with van der Waals surface area (Å²) in [5.41, 5.74) is 5.56. The van der Waals surface area contributed by atoms with Crippen LogP contribution in [0.1, 0.15) is 17.3 Å². The van der Waals surface area contributed by atoms with Crippen LogP contribution in [0.25, 0.3) is 0 Å². The van der Waals surface area contributed by atoms with Crippen LogP contribution in [0.4, 0.5) is 5.69 Å². The van der Waals surface area contributed by atoms with Crippen LogP contribution >= 0.6 is 0 Å². The number of nitrogens with zero attached hydrogens (tertiary/aromatic N) is 1. The second-order valence-electron chi connectivity index (χ2n) is 3.82. The van der Waals surface area contributed by atoms with E-state index in [1.165, 1.54) is 12.1 Å². The van der Waals surface area contributed by atoms with Gasteiger partial charge >= 0.3 is 11.9 Å². The summed E-state index contributed by atoms with van der Waals surface area (Å²) in [5.74, 6) is -2.42. The smallest absolute Gasteiger partial charge is 0.340 e. The van der Waals surface area contributed by atoms with Gasteiger partial charge < -0.3 is 15.6 Å². The Labute approximate surface area is 115 Å². The maximum Gasteiger partial charge on any atom is 0.340 e. The zero-order chi connectivity index (χ0) is 15.1. The third-order valence-corrected chi connectivity index (χ3v) is 2.46. The van der Waals surface area contributed by atoms with Gasteiger partial charge in [0.05, 0.1) is 24.4 Å². The van der Waals surface area contributed by atoms with Gasteiger partial charge in [-0.25, -0.2) is 4.79 Å². The largest absolute Gasteiger partial charge is 0.480 e. The third-order valence-electron chi connectivity index (χ3n) is 2.46. The summed E-state index contributed by atoms with van der Waals surface area (Å²) in [6, 6.07) is 6.13. The van der Waals surface area contributed by atoms with E-state index in [4.69, 9.17) is 15.6 Å². The first-order valence-corrected chi connectivity index (χ1v) is 5.99. The van der Waals surface area contributed by atoms with Crippen molar-refractivity contribution in [1.82, 2.24) is 0 Å². The summed E-state index contributed by atoms with van der Waals surface area (Å²) < 4.78 is 4.88. The SMILES string of the molecule is CCOC(=O)c1ccccc1N(CC(=O)O)C(=O)CN. The molecule has 0 unspecified atom stereocenters. The van der Waals surface area contributed by atoms with Crippen molar-refractivity contribution >= 4 is 23.5 Å². The fourth-order valence-corrected chi connectivity index (χ4v) is 1.64. The van der Waals surface area contributed by atoms with Crippen LogP contribution in [-0.2, 0) is 14.3 Å². The van der Waals surface area contributed by atoms with Gasteiger partial charge in [-0.15, -0.1) is 0 Å². The first-order valence-electron chi connectivity index (χ1n) is 5.99. The van der Waals surface area contributed by atoms with Gasteiger partial charge in [0.1, 0.15) is 6.54 Å². The normalized spacial score (nSPS) is 9.90. The number of ether oxygens (including phenoxy) is 1. The number of esters is 1. The Kier molecular flexibility index (Phi) is 5.67. The van der Waals surface area contributed by atoms with Gasteiger partial charge in [0.25, 0.3) is 0 Å². The molecule has 0 saturated heterocycles. The Hall–Kier alpha value is -2.41. The predicted octanol–water partition coefficient (Wildman–Crippen LogP) is 0.240. The van der Waals surface area contributed by atoms with Crippen molar-refractivity contribution in [3.8, 4) is 0 Å². The van der Waals surface area contributed by atoms with E-state index in [2.05, 4.69) is 0 Å². The lowest BCUT2D eigenvalue weighted by Crippen LogP contribution is -2.40. The molecule has 7 heteroatoms. The maximum atomic E-state index is 11.8. The molecule has 1 rings (SSSR count). The highest BCUT2D eigenvalue weighted by atomic mass is 16.5. The molecule has 0 heterocycles. The summed E-state index contributed by atoms with van der Waals surface area (Å²) in [5, 5.41) is 8.87. The Morgan fingerprint density at radius 3 is 2.50 bits per heavy atom. The van der Waals surface area contributed by atoms with E-state index < -0.39 is 24.4 Å². The van der Waals surface area contributed by atoms with Gasteiger partial charge in [0.15, 0.2) is 0 Å². The Morgan fingerprint density at radius 2 is 1.95 bits per heavy atom. The van der Waals surface area contributed by atoms with Crippen molar-refractivity contribution in [3.63, 3.8) is 0 Å². The number of carbonyl (C=O) groups is 3. The van der Waals surface area contributed by atoms with E-state index in [-0.39, 0.29) is 24.4 Å². The molecule has 0 spiro atoms. The molecular weight excluding hydrogens is 264 g/mol. The summed E-state index contributed by atoms with van der Waals surface area (Å²) in [4.78, 5) is 35.4. The van der Waals surface area contributed by atoms with Crippen molar-refractivity contribution in [1.29, 1.82) is 0 Å². The van der Waals surface area contributed by atoms with Crippen molar-refractivity contribution in [2.75, 3.05) is 24.6 Å². The molecule has 0 saturated carbocycles. The molecule has 0 atom stereocenters. The molecule has 0 fully saturated rings. The van der Waals surface area contributed by atoms with Crippen LogP contribution in [0.5, 0.6) is 0 Å². The lowest BCUT2D eigenvalue weighted by Gasteiger charge is -2.22. The molecule has 0 radical (unpaired) electrons. The molecule has 0 aliphatic carbocycles. The molecule has 20 heavy (non-hydrogen) atoms. The van der Waals surface area contributed by atoms with E-state index in [1.54, 1.807) is 19.1 Å². The summed E-state index contributed by atoms with van der Waals surface area (Å²) >= 11 is 0. The number of hydrogen-bond acceptors (Lipinski definition) is 5. The first kappa shape index (κ1) is 15.6. The monoisotopic (exact) mass is 280 g/mol. The van der Waals surface area contributed by atoms with Gasteiger partial charge in [-0.1, -0.05) is 12.1 Å². The Bertz CT molecular complexity index is 515. The van der Waals surface area contributed by atoms with E-state index in [9.17, 15) is 14.4 Å². The lowest BCUT2D eigenvalue weighted by atomic mass is 10.1. The molecule has 0 aliphatic rings. The molecule has 108 valence electrons. The van der Waals surface area contributed by atoms with Gasteiger partial charge in [0.2, 0.25) is 5.91 Å². The van der Waals surface area contributed by atoms with Crippen LogP contribution in [-0.4, -0.2) is 42.6 Å². The highest BCUT2D eigenvalue weighted by molar-refractivity contribution is 6.05. The molecule has 3 N–H and O–H groups in total. The van der Waals surface area contributed by atoms with Crippen molar-refractivity contribution < 1.29 is 24.2 Å². The average molecular weight is 280 g/mol. The van der Waals surface area contributed by atoms with E-state index in [0.717, 1.165) is 4.90 Å². The number of carboxylic acid groups (broad SMARTS) is 1. The molecule has 1 aromatic rings. The standard InChI is InChI=1S/C13H16N2O5/c1-2-20-13(19)9-5-3-4-6-10(9)15(8-12(17)18)11(16)7-14/h3-6H,2,7-8,14H2,1H3,(H,17,18). The highest BCUT2D eigenvalue weighted by Gasteiger charge is 2.23. The minimum Gasteiger partial charge on any atom is -0.480 e. The number of anilines is 1. The highest BCUT2D eigenvalue weighted by Crippen LogP contribution is 2.21. The minimum absolute atomic E-state index is 0.123. The molecule has 1 aromatic carbocycles. The van der Waals surface area contributed by atoms with Crippen LogP contribution in [0.2, 0.25) is 0 Å². The van der Waals surface area contributed by atoms with E-state index >= 15 is 0 Å². The van der Waals surface area contributed by atoms with Crippen LogP contribution < -0.4 is 10.6 Å². The van der Waals surface area contributed by atoms with Crippen molar-refractivity contribution in [2.24, 2.45) is 5.73 Å². The number of hydrogen-bond donors (Lipinski definition) is 2.